The van der Waals surface area contributed by atoms with Crippen LogP contribution in [-0.4, -0.2) is 32.5 Å². The number of hydrogen-bond acceptors (Lipinski definition) is 3. The SMILES string of the molecule is Clc1ccc(Br)cc1Cc1ccc(OCCO[C@@H]2CCOC2)cc1. The van der Waals surface area contributed by atoms with E-state index in [2.05, 4.69) is 34.1 Å². The van der Waals surface area contributed by atoms with Crippen molar-refractivity contribution in [3.8, 4) is 5.75 Å². The molecule has 0 aliphatic carbocycles. The van der Waals surface area contributed by atoms with Gasteiger partial charge in [0.1, 0.15) is 12.4 Å². The Morgan fingerprint density at radius 2 is 1.96 bits per heavy atom. The summed E-state index contributed by atoms with van der Waals surface area (Å²) in [6, 6.07) is 14.0. The molecular weight excluding hydrogens is 392 g/mol. The van der Waals surface area contributed by atoms with Gasteiger partial charge >= 0.3 is 0 Å². The van der Waals surface area contributed by atoms with Crippen LogP contribution in [0.1, 0.15) is 17.5 Å². The van der Waals surface area contributed by atoms with E-state index in [1.54, 1.807) is 0 Å². The van der Waals surface area contributed by atoms with E-state index in [1.165, 1.54) is 5.56 Å². The molecule has 0 unspecified atom stereocenters. The summed E-state index contributed by atoms with van der Waals surface area (Å²) < 4.78 is 17.7. The summed E-state index contributed by atoms with van der Waals surface area (Å²) in [6.45, 7) is 2.64. The molecule has 0 saturated carbocycles. The topological polar surface area (TPSA) is 27.7 Å². The van der Waals surface area contributed by atoms with Gasteiger partial charge < -0.3 is 14.2 Å². The first-order valence-corrected chi connectivity index (χ1v) is 9.23. The second kappa shape index (κ2) is 8.86. The Kier molecular flexibility index (Phi) is 6.55. The third-order valence-electron chi connectivity index (χ3n) is 3.92. The van der Waals surface area contributed by atoms with E-state index in [4.69, 9.17) is 25.8 Å². The summed E-state index contributed by atoms with van der Waals surface area (Å²) in [6.07, 6.45) is 2.00. The molecule has 2 aromatic carbocycles. The van der Waals surface area contributed by atoms with E-state index >= 15 is 0 Å². The largest absolute Gasteiger partial charge is 0.491 e. The van der Waals surface area contributed by atoms with Crippen LogP contribution in [0.2, 0.25) is 5.02 Å². The lowest BCUT2D eigenvalue weighted by molar-refractivity contribution is 0.0265. The zero-order valence-corrected chi connectivity index (χ0v) is 15.7. The predicted octanol–water partition coefficient (Wildman–Crippen LogP) is 4.88. The van der Waals surface area contributed by atoms with Crippen LogP contribution in [0.5, 0.6) is 5.75 Å². The highest BCUT2D eigenvalue weighted by Gasteiger charge is 2.15. The second-order valence-electron chi connectivity index (χ2n) is 5.76. The van der Waals surface area contributed by atoms with Gasteiger partial charge in [0, 0.05) is 16.1 Å². The normalized spacial score (nSPS) is 17.2. The lowest BCUT2D eigenvalue weighted by Gasteiger charge is -2.11. The monoisotopic (exact) mass is 410 g/mol. The highest BCUT2D eigenvalue weighted by molar-refractivity contribution is 9.10. The van der Waals surface area contributed by atoms with Crippen molar-refractivity contribution >= 4 is 27.5 Å². The summed E-state index contributed by atoms with van der Waals surface area (Å²) in [5, 5.41) is 0.784. The molecule has 0 aromatic heterocycles. The molecule has 2 aromatic rings. The van der Waals surface area contributed by atoms with E-state index in [1.807, 2.05) is 24.3 Å². The van der Waals surface area contributed by atoms with Crippen LogP contribution >= 0.6 is 27.5 Å². The number of hydrogen-bond donors (Lipinski definition) is 0. The van der Waals surface area contributed by atoms with E-state index in [9.17, 15) is 0 Å². The van der Waals surface area contributed by atoms with E-state index < -0.39 is 0 Å². The van der Waals surface area contributed by atoms with Gasteiger partial charge in [-0.1, -0.05) is 39.7 Å². The summed E-state index contributed by atoms with van der Waals surface area (Å²) in [5.74, 6) is 0.852. The molecule has 3 nitrogen and oxygen atoms in total. The molecule has 0 amide bonds. The third kappa shape index (κ3) is 5.21. The van der Waals surface area contributed by atoms with Gasteiger partial charge in [-0.15, -0.1) is 0 Å². The Balaban J connectivity index is 1.47. The Morgan fingerprint density at radius 3 is 2.71 bits per heavy atom. The molecule has 1 fully saturated rings. The number of ether oxygens (including phenoxy) is 3. The Bertz CT molecular complexity index is 654. The van der Waals surface area contributed by atoms with Gasteiger partial charge in [-0.05, 0) is 54.3 Å². The molecule has 0 radical (unpaired) electrons. The Hall–Kier alpha value is -1.07. The van der Waals surface area contributed by atoms with Crippen LogP contribution in [0.25, 0.3) is 0 Å². The average Bonchev–Trinajstić information content (AvgIpc) is 3.10. The average molecular weight is 412 g/mol. The molecule has 24 heavy (non-hydrogen) atoms. The molecule has 128 valence electrons. The molecule has 1 aliphatic rings. The molecule has 1 heterocycles. The Morgan fingerprint density at radius 1 is 1.12 bits per heavy atom. The maximum Gasteiger partial charge on any atom is 0.119 e. The minimum atomic E-state index is 0.228. The fraction of sp³-hybridized carbons (Fsp3) is 0.368. The molecule has 1 aliphatic heterocycles. The molecule has 0 spiro atoms. The highest BCUT2D eigenvalue weighted by atomic mass is 79.9. The summed E-state index contributed by atoms with van der Waals surface area (Å²) in [7, 11) is 0. The van der Waals surface area contributed by atoms with E-state index in [0.717, 1.165) is 40.3 Å². The van der Waals surface area contributed by atoms with Gasteiger partial charge in [0.2, 0.25) is 0 Å². The minimum absolute atomic E-state index is 0.228. The van der Waals surface area contributed by atoms with E-state index in [0.29, 0.717) is 19.8 Å². The van der Waals surface area contributed by atoms with Gasteiger partial charge in [-0.3, -0.25) is 0 Å². The van der Waals surface area contributed by atoms with Crippen LogP contribution in [0.3, 0.4) is 0 Å². The van der Waals surface area contributed by atoms with Crippen molar-refractivity contribution in [2.75, 3.05) is 26.4 Å². The lowest BCUT2D eigenvalue weighted by atomic mass is 10.1. The zero-order chi connectivity index (χ0) is 16.8. The molecular formula is C19H20BrClO3. The summed E-state index contributed by atoms with van der Waals surface area (Å²) >= 11 is 9.73. The van der Waals surface area contributed by atoms with Crippen LogP contribution in [0.4, 0.5) is 0 Å². The minimum Gasteiger partial charge on any atom is -0.491 e. The summed E-state index contributed by atoms with van der Waals surface area (Å²) in [4.78, 5) is 0. The highest BCUT2D eigenvalue weighted by Crippen LogP contribution is 2.24. The van der Waals surface area contributed by atoms with E-state index in [-0.39, 0.29) is 6.10 Å². The van der Waals surface area contributed by atoms with Crippen LogP contribution < -0.4 is 4.74 Å². The fourth-order valence-corrected chi connectivity index (χ4v) is 3.21. The van der Waals surface area contributed by atoms with Crippen molar-refractivity contribution in [3.63, 3.8) is 0 Å². The third-order valence-corrected chi connectivity index (χ3v) is 4.78. The number of rotatable bonds is 7. The van der Waals surface area contributed by atoms with Crippen molar-refractivity contribution in [1.82, 2.24) is 0 Å². The second-order valence-corrected chi connectivity index (χ2v) is 7.08. The van der Waals surface area contributed by atoms with Gasteiger partial charge in [0.05, 0.1) is 19.3 Å². The summed E-state index contributed by atoms with van der Waals surface area (Å²) in [5.41, 5.74) is 2.30. The molecule has 3 rings (SSSR count). The molecule has 0 N–H and O–H groups in total. The van der Waals surface area contributed by atoms with Gasteiger partial charge in [-0.2, -0.15) is 0 Å². The zero-order valence-electron chi connectivity index (χ0n) is 13.3. The van der Waals surface area contributed by atoms with Crippen molar-refractivity contribution in [1.29, 1.82) is 0 Å². The molecule has 1 saturated heterocycles. The maximum absolute atomic E-state index is 6.25. The van der Waals surface area contributed by atoms with Gasteiger partial charge in [-0.25, -0.2) is 0 Å². The van der Waals surface area contributed by atoms with Crippen LogP contribution in [0, 0.1) is 0 Å². The number of benzene rings is 2. The lowest BCUT2D eigenvalue weighted by Crippen LogP contribution is -2.16. The van der Waals surface area contributed by atoms with Crippen LogP contribution in [0.15, 0.2) is 46.9 Å². The predicted molar refractivity (Wildman–Crippen MR) is 99.1 cm³/mol. The standard InChI is InChI=1S/C19H20BrClO3/c20-16-3-6-19(21)15(12-16)11-14-1-4-17(5-2-14)23-9-10-24-18-7-8-22-13-18/h1-6,12,18H,7-11,13H2/t18-/m1/s1. The van der Waals surface area contributed by atoms with Gasteiger partial charge in [0.25, 0.3) is 0 Å². The first-order chi connectivity index (χ1) is 11.7. The van der Waals surface area contributed by atoms with Crippen molar-refractivity contribution in [2.24, 2.45) is 0 Å². The quantitative estimate of drug-likeness (QED) is 0.608. The number of halogens is 2. The Labute approximate surface area is 156 Å². The fourth-order valence-electron chi connectivity index (χ4n) is 2.62. The van der Waals surface area contributed by atoms with Gasteiger partial charge in [0.15, 0.2) is 0 Å². The first-order valence-electron chi connectivity index (χ1n) is 8.06. The first kappa shape index (κ1) is 17.7. The molecule has 1 atom stereocenters. The van der Waals surface area contributed by atoms with Crippen LogP contribution in [-0.2, 0) is 15.9 Å². The molecule has 0 bridgehead atoms. The van der Waals surface area contributed by atoms with Crippen molar-refractivity contribution in [2.45, 2.75) is 18.9 Å². The maximum atomic E-state index is 6.25. The smallest absolute Gasteiger partial charge is 0.119 e. The van der Waals surface area contributed by atoms with Crippen molar-refractivity contribution in [3.05, 3.63) is 63.1 Å². The van der Waals surface area contributed by atoms with Crippen molar-refractivity contribution < 1.29 is 14.2 Å². The molecule has 5 heteroatoms.